The van der Waals surface area contributed by atoms with Gasteiger partial charge in [-0.3, -0.25) is 9.59 Å². The van der Waals surface area contributed by atoms with Crippen LogP contribution in [0.5, 0.6) is 5.75 Å². The normalized spacial score (nSPS) is 15.5. The first-order valence-corrected chi connectivity index (χ1v) is 9.13. The van der Waals surface area contributed by atoms with Gasteiger partial charge < -0.3 is 14.6 Å². The lowest BCUT2D eigenvalue weighted by molar-refractivity contribution is 0.102. The van der Waals surface area contributed by atoms with Crippen LogP contribution in [0, 0.1) is 13.8 Å². The smallest absolute Gasteiger partial charge is 0.261 e. The van der Waals surface area contributed by atoms with Crippen LogP contribution in [0.3, 0.4) is 0 Å². The Morgan fingerprint density at radius 2 is 1.93 bits per heavy atom. The number of hydrogen-bond donors (Lipinski definition) is 1. The van der Waals surface area contributed by atoms with E-state index in [1.165, 1.54) is 0 Å². The molecule has 0 saturated heterocycles. The summed E-state index contributed by atoms with van der Waals surface area (Å²) in [4.78, 5) is 25.9. The molecule has 5 nitrogen and oxygen atoms in total. The molecular formula is C21H19ClN2O3. The Hall–Kier alpha value is -2.79. The summed E-state index contributed by atoms with van der Waals surface area (Å²) in [6, 6.07) is 9.15. The third-order valence-electron chi connectivity index (χ3n) is 4.64. The van der Waals surface area contributed by atoms with E-state index in [4.69, 9.17) is 16.3 Å². The molecule has 0 radical (unpaired) electrons. The van der Waals surface area contributed by atoms with E-state index in [1.54, 1.807) is 18.3 Å². The Bertz CT molecular complexity index is 1130. The van der Waals surface area contributed by atoms with Crippen LogP contribution in [0.1, 0.15) is 28.4 Å². The van der Waals surface area contributed by atoms with Gasteiger partial charge in [-0.15, -0.1) is 0 Å². The molecule has 1 atom stereocenters. The third-order valence-corrected chi connectivity index (χ3v) is 4.96. The van der Waals surface area contributed by atoms with Crippen LogP contribution in [0.2, 0.25) is 5.02 Å². The van der Waals surface area contributed by atoms with Crippen molar-refractivity contribution >= 4 is 34.1 Å². The summed E-state index contributed by atoms with van der Waals surface area (Å²) >= 11 is 6.30. The minimum Gasteiger partial charge on any atom is -0.487 e. The summed E-state index contributed by atoms with van der Waals surface area (Å²) in [5.41, 5.74) is 3.03. The lowest BCUT2D eigenvalue weighted by Crippen LogP contribution is -2.30. The fourth-order valence-corrected chi connectivity index (χ4v) is 3.88. The molecule has 0 unspecified atom stereocenters. The average molecular weight is 383 g/mol. The van der Waals surface area contributed by atoms with Gasteiger partial charge in [-0.2, -0.15) is 0 Å². The Morgan fingerprint density at radius 1 is 1.22 bits per heavy atom. The van der Waals surface area contributed by atoms with Crippen molar-refractivity contribution in [1.82, 2.24) is 4.57 Å². The van der Waals surface area contributed by atoms with Crippen LogP contribution in [-0.2, 0) is 6.54 Å². The van der Waals surface area contributed by atoms with Gasteiger partial charge in [-0.05, 0) is 56.2 Å². The molecule has 0 saturated carbocycles. The Labute approximate surface area is 161 Å². The van der Waals surface area contributed by atoms with Crippen molar-refractivity contribution in [2.75, 3.05) is 5.32 Å². The number of nitrogens with zero attached hydrogens (tertiary/aromatic N) is 1. The molecule has 0 fully saturated rings. The maximum atomic E-state index is 13.0. The van der Waals surface area contributed by atoms with Crippen LogP contribution in [-0.4, -0.2) is 16.6 Å². The SMILES string of the molecule is Cc1cc(C)cc(NC(=O)c2cn3c4c(ccc(Cl)c4c2=O)O[C@@H](C)C3)c1. The molecule has 2 heterocycles. The maximum absolute atomic E-state index is 13.0. The second-order valence-corrected chi connectivity index (χ2v) is 7.46. The molecule has 1 aliphatic rings. The van der Waals surface area contributed by atoms with E-state index in [-0.39, 0.29) is 11.7 Å². The van der Waals surface area contributed by atoms with Crippen molar-refractivity contribution in [3.8, 4) is 5.75 Å². The number of pyridine rings is 1. The van der Waals surface area contributed by atoms with Crippen LogP contribution in [0.15, 0.2) is 41.3 Å². The number of anilines is 1. The number of halogens is 1. The first-order valence-electron chi connectivity index (χ1n) is 8.75. The highest BCUT2D eigenvalue weighted by atomic mass is 35.5. The van der Waals surface area contributed by atoms with Gasteiger partial charge in [0.1, 0.15) is 17.4 Å². The first-order chi connectivity index (χ1) is 12.8. The van der Waals surface area contributed by atoms with Gasteiger partial charge in [-0.1, -0.05) is 17.7 Å². The molecule has 1 aromatic heterocycles. The van der Waals surface area contributed by atoms with E-state index >= 15 is 0 Å². The number of carbonyl (C=O) groups excluding carboxylic acids is 1. The number of rotatable bonds is 2. The number of amides is 1. The zero-order chi connectivity index (χ0) is 19.3. The molecule has 6 heteroatoms. The first kappa shape index (κ1) is 17.6. The van der Waals surface area contributed by atoms with Crippen molar-refractivity contribution in [1.29, 1.82) is 0 Å². The highest BCUT2D eigenvalue weighted by Gasteiger charge is 2.24. The number of ether oxygens (including phenoxy) is 1. The Balaban J connectivity index is 1.85. The zero-order valence-corrected chi connectivity index (χ0v) is 16.1. The molecule has 1 amide bonds. The molecule has 0 bridgehead atoms. The quantitative estimate of drug-likeness (QED) is 0.718. The monoisotopic (exact) mass is 382 g/mol. The third kappa shape index (κ3) is 3.08. The van der Waals surface area contributed by atoms with Crippen molar-refractivity contribution in [3.63, 3.8) is 0 Å². The molecule has 1 N–H and O–H groups in total. The number of benzene rings is 2. The van der Waals surface area contributed by atoms with Crippen LogP contribution < -0.4 is 15.5 Å². The van der Waals surface area contributed by atoms with Crippen molar-refractivity contribution in [2.24, 2.45) is 0 Å². The van der Waals surface area contributed by atoms with E-state index in [0.717, 1.165) is 11.1 Å². The lowest BCUT2D eigenvalue weighted by atomic mass is 10.1. The van der Waals surface area contributed by atoms with Gasteiger partial charge in [0.2, 0.25) is 5.43 Å². The molecule has 27 heavy (non-hydrogen) atoms. The number of nitrogens with one attached hydrogen (secondary N) is 1. The van der Waals surface area contributed by atoms with Gasteiger partial charge in [0.15, 0.2) is 0 Å². The summed E-state index contributed by atoms with van der Waals surface area (Å²) in [5, 5.41) is 3.46. The van der Waals surface area contributed by atoms with Gasteiger partial charge in [-0.25, -0.2) is 0 Å². The summed E-state index contributed by atoms with van der Waals surface area (Å²) < 4.78 is 7.69. The summed E-state index contributed by atoms with van der Waals surface area (Å²) in [6.45, 7) is 6.39. The highest BCUT2D eigenvalue weighted by Crippen LogP contribution is 2.33. The minimum atomic E-state index is -0.448. The van der Waals surface area contributed by atoms with Gasteiger partial charge in [0.25, 0.3) is 5.91 Å². The van der Waals surface area contributed by atoms with Crippen molar-refractivity contribution in [2.45, 2.75) is 33.4 Å². The highest BCUT2D eigenvalue weighted by molar-refractivity contribution is 6.35. The Morgan fingerprint density at radius 3 is 2.63 bits per heavy atom. The van der Waals surface area contributed by atoms with Gasteiger partial charge in [0.05, 0.1) is 22.5 Å². The number of carbonyl (C=O) groups is 1. The average Bonchev–Trinajstić information content (AvgIpc) is 2.58. The van der Waals surface area contributed by atoms with E-state index in [1.807, 2.05) is 43.5 Å². The van der Waals surface area contributed by atoms with Crippen LogP contribution in [0.25, 0.3) is 10.9 Å². The van der Waals surface area contributed by atoms with Crippen molar-refractivity contribution in [3.05, 3.63) is 68.5 Å². The van der Waals surface area contributed by atoms with E-state index in [0.29, 0.717) is 33.9 Å². The Kier molecular flexibility index (Phi) is 4.19. The molecule has 138 valence electrons. The lowest BCUT2D eigenvalue weighted by Gasteiger charge is -2.26. The molecule has 1 aliphatic heterocycles. The standard InChI is InChI=1S/C21H19ClN2O3/c1-11-6-12(2)8-14(7-11)23-21(26)15-10-24-9-13(3)27-17-5-4-16(22)18(19(17)24)20(15)25/h4-8,10,13H,9H2,1-3H3,(H,23,26)/t13-/m0/s1. The second-order valence-electron chi connectivity index (χ2n) is 7.05. The maximum Gasteiger partial charge on any atom is 0.261 e. The summed E-state index contributed by atoms with van der Waals surface area (Å²) in [5.74, 6) is 0.155. The molecule has 4 rings (SSSR count). The zero-order valence-electron chi connectivity index (χ0n) is 15.3. The predicted molar refractivity (Wildman–Crippen MR) is 107 cm³/mol. The summed E-state index contributed by atoms with van der Waals surface area (Å²) in [7, 11) is 0. The van der Waals surface area contributed by atoms with Crippen LogP contribution in [0.4, 0.5) is 5.69 Å². The fourth-order valence-electron chi connectivity index (χ4n) is 3.64. The predicted octanol–water partition coefficient (Wildman–Crippen LogP) is 4.30. The molecule has 3 aromatic rings. The second kappa shape index (κ2) is 6.43. The molecule has 0 spiro atoms. The van der Waals surface area contributed by atoms with E-state index in [9.17, 15) is 9.59 Å². The molecular weight excluding hydrogens is 364 g/mol. The van der Waals surface area contributed by atoms with Gasteiger partial charge in [0, 0.05) is 11.9 Å². The molecule has 0 aliphatic carbocycles. The summed E-state index contributed by atoms with van der Waals surface area (Å²) in [6.07, 6.45) is 1.53. The number of aryl methyl sites for hydroxylation is 2. The van der Waals surface area contributed by atoms with E-state index in [2.05, 4.69) is 5.32 Å². The van der Waals surface area contributed by atoms with Crippen LogP contribution >= 0.6 is 11.6 Å². The molecule has 2 aromatic carbocycles. The minimum absolute atomic E-state index is 0.0646. The fraction of sp³-hybridized carbons (Fsp3) is 0.238. The van der Waals surface area contributed by atoms with E-state index < -0.39 is 11.3 Å². The number of hydrogen-bond acceptors (Lipinski definition) is 3. The van der Waals surface area contributed by atoms with Gasteiger partial charge >= 0.3 is 0 Å². The topological polar surface area (TPSA) is 60.3 Å². The largest absolute Gasteiger partial charge is 0.487 e. The number of aromatic nitrogens is 1. The van der Waals surface area contributed by atoms with Crippen molar-refractivity contribution < 1.29 is 9.53 Å².